The molecule has 1 heterocycles. The van der Waals surface area contributed by atoms with Crippen LogP contribution in [0, 0.1) is 0 Å². The summed E-state index contributed by atoms with van der Waals surface area (Å²) >= 11 is 0. The van der Waals surface area contributed by atoms with Crippen LogP contribution in [0.15, 0.2) is 48.5 Å². The van der Waals surface area contributed by atoms with Gasteiger partial charge in [-0.05, 0) is 43.2 Å². The van der Waals surface area contributed by atoms with Crippen LogP contribution in [-0.4, -0.2) is 44.0 Å². The Kier molecular flexibility index (Phi) is 6.21. The number of ether oxygens (including phenoxy) is 1. The highest BCUT2D eigenvalue weighted by Gasteiger charge is 2.15. The predicted molar refractivity (Wildman–Crippen MR) is 106 cm³/mol. The van der Waals surface area contributed by atoms with Gasteiger partial charge in [-0.15, -0.1) is 0 Å². The highest BCUT2D eigenvalue weighted by molar-refractivity contribution is 5.95. The van der Waals surface area contributed by atoms with Crippen molar-refractivity contribution in [3.05, 3.63) is 59.7 Å². The monoisotopic (exact) mass is 367 g/mol. The van der Waals surface area contributed by atoms with E-state index in [1.807, 2.05) is 36.4 Å². The molecule has 3 N–H and O–H groups in total. The SMILES string of the molecule is CC(=O)c1ccc(CC(N)C(=O)Nc2ccc(N3CCOCC3)cc2)cc1. The van der Waals surface area contributed by atoms with E-state index >= 15 is 0 Å². The lowest BCUT2D eigenvalue weighted by Crippen LogP contribution is -2.37. The largest absolute Gasteiger partial charge is 0.378 e. The second-order valence-electron chi connectivity index (χ2n) is 6.70. The van der Waals surface area contributed by atoms with Crippen LogP contribution in [0.2, 0.25) is 0 Å². The van der Waals surface area contributed by atoms with Crippen LogP contribution >= 0.6 is 0 Å². The molecule has 2 aromatic rings. The first-order valence-electron chi connectivity index (χ1n) is 9.12. The molecule has 3 rings (SSSR count). The van der Waals surface area contributed by atoms with Crippen LogP contribution in [0.1, 0.15) is 22.8 Å². The molecule has 0 radical (unpaired) electrons. The van der Waals surface area contributed by atoms with Gasteiger partial charge in [-0.25, -0.2) is 0 Å². The average molecular weight is 367 g/mol. The summed E-state index contributed by atoms with van der Waals surface area (Å²) in [5.41, 5.74) is 9.45. The van der Waals surface area contributed by atoms with E-state index in [9.17, 15) is 9.59 Å². The first-order chi connectivity index (χ1) is 13.0. The molecule has 27 heavy (non-hydrogen) atoms. The smallest absolute Gasteiger partial charge is 0.241 e. The zero-order valence-electron chi connectivity index (χ0n) is 15.5. The molecule has 0 bridgehead atoms. The standard InChI is InChI=1S/C21H25N3O3/c1-15(25)17-4-2-16(3-5-17)14-20(22)21(26)23-18-6-8-19(9-7-18)24-10-12-27-13-11-24/h2-9,20H,10-14,22H2,1H3,(H,23,26). The lowest BCUT2D eigenvalue weighted by molar-refractivity contribution is -0.117. The first kappa shape index (κ1) is 19.1. The molecule has 1 aliphatic rings. The second kappa shape index (κ2) is 8.79. The number of hydrogen-bond donors (Lipinski definition) is 2. The fourth-order valence-electron chi connectivity index (χ4n) is 3.03. The zero-order chi connectivity index (χ0) is 19.2. The zero-order valence-corrected chi connectivity index (χ0v) is 15.5. The number of hydrogen-bond acceptors (Lipinski definition) is 5. The van der Waals surface area contributed by atoms with Gasteiger partial charge in [0.05, 0.1) is 19.3 Å². The predicted octanol–water partition coefficient (Wildman–Crippen LogP) is 2.23. The van der Waals surface area contributed by atoms with Gasteiger partial charge in [0.2, 0.25) is 5.91 Å². The number of nitrogens with two attached hydrogens (primary N) is 1. The number of benzene rings is 2. The molecule has 1 aliphatic heterocycles. The van der Waals surface area contributed by atoms with Crippen LogP contribution in [-0.2, 0) is 16.0 Å². The molecule has 0 aromatic heterocycles. The molecular formula is C21H25N3O3. The van der Waals surface area contributed by atoms with Gasteiger partial charge < -0.3 is 20.7 Å². The Bertz CT molecular complexity index is 781. The minimum Gasteiger partial charge on any atom is -0.378 e. The van der Waals surface area contributed by atoms with Gasteiger partial charge in [-0.1, -0.05) is 24.3 Å². The summed E-state index contributed by atoms with van der Waals surface area (Å²) in [5, 5.41) is 2.86. The number of anilines is 2. The van der Waals surface area contributed by atoms with E-state index in [2.05, 4.69) is 10.2 Å². The maximum atomic E-state index is 12.4. The minimum atomic E-state index is -0.660. The van der Waals surface area contributed by atoms with Gasteiger partial charge in [0.25, 0.3) is 0 Å². The summed E-state index contributed by atoms with van der Waals surface area (Å²) in [7, 11) is 0. The maximum absolute atomic E-state index is 12.4. The van der Waals surface area contributed by atoms with E-state index in [0.29, 0.717) is 12.0 Å². The van der Waals surface area contributed by atoms with Crippen molar-refractivity contribution in [3.63, 3.8) is 0 Å². The Morgan fingerprint density at radius 2 is 1.70 bits per heavy atom. The molecule has 1 unspecified atom stereocenters. The van der Waals surface area contributed by atoms with Crippen molar-refractivity contribution >= 4 is 23.1 Å². The third-order valence-corrected chi connectivity index (χ3v) is 4.66. The van der Waals surface area contributed by atoms with E-state index in [4.69, 9.17) is 10.5 Å². The highest BCUT2D eigenvalue weighted by Crippen LogP contribution is 2.19. The number of rotatable bonds is 6. The van der Waals surface area contributed by atoms with Gasteiger partial charge in [0.1, 0.15) is 0 Å². The third kappa shape index (κ3) is 5.15. The summed E-state index contributed by atoms with van der Waals surface area (Å²) in [6.07, 6.45) is 0.413. The number of carbonyl (C=O) groups excluding carboxylic acids is 2. The van der Waals surface area contributed by atoms with Gasteiger partial charge in [0, 0.05) is 30.0 Å². The Hall–Kier alpha value is -2.70. The van der Waals surface area contributed by atoms with Crippen LogP contribution in [0.4, 0.5) is 11.4 Å². The molecular weight excluding hydrogens is 342 g/mol. The number of amides is 1. The minimum absolute atomic E-state index is 0.0177. The Morgan fingerprint density at radius 1 is 1.07 bits per heavy atom. The quantitative estimate of drug-likeness (QED) is 0.765. The summed E-state index contributed by atoms with van der Waals surface area (Å²) < 4.78 is 5.36. The van der Waals surface area contributed by atoms with E-state index in [0.717, 1.165) is 43.2 Å². The molecule has 1 fully saturated rings. The van der Waals surface area contributed by atoms with Gasteiger partial charge in [-0.3, -0.25) is 9.59 Å². The van der Waals surface area contributed by atoms with Crippen molar-refractivity contribution in [2.75, 3.05) is 36.5 Å². The summed E-state index contributed by atoms with van der Waals surface area (Å²) in [6, 6.07) is 14.3. The lowest BCUT2D eigenvalue weighted by atomic mass is 10.0. The Balaban J connectivity index is 1.55. The first-order valence-corrected chi connectivity index (χ1v) is 9.12. The van der Waals surface area contributed by atoms with E-state index in [1.54, 1.807) is 12.1 Å². The number of nitrogens with zero attached hydrogens (tertiary/aromatic N) is 1. The number of ketones is 1. The molecule has 1 atom stereocenters. The molecule has 0 aliphatic carbocycles. The molecule has 0 spiro atoms. The van der Waals surface area contributed by atoms with Gasteiger partial charge >= 0.3 is 0 Å². The number of morpholine rings is 1. The van der Waals surface area contributed by atoms with Gasteiger partial charge in [0.15, 0.2) is 5.78 Å². The maximum Gasteiger partial charge on any atom is 0.241 e. The van der Waals surface area contributed by atoms with Crippen molar-refractivity contribution in [1.29, 1.82) is 0 Å². The molecule has 2 aromatic carbocycles. The number of Topliss-reactive ketones (excluding diaryl/α,β-unsaturated/α-hetero) is 1. The topological polar surface area (TPSA) is 84.7 Å². The fourth-order valence-corrected chi connectivity index (χ4v) is 3.03. The highest BCUT2D eigenvalue weighted by atomic mass is 16.5. The normalized spacial score (nSPS) is 15.3. The van der Waals surface area contributed by atoms with E-state index in [1.165, 1.54) is 6.92 Å². The summed E-state index contributed by atoms with van der Waals surface area (Å²) in [6.45, 7) is 4.75. The Labute approximate surface area is 159 Å². The fraction of sp³-hybridized carbons (Fsp3) is 0.333. The van der Waals surface area contributed by atoms with Crippen LogP contribution in [0.3, 0.4) is 0 Å². The van der Waals surface area contributed by atoms with Crippen molar-refractivity contribution in [2.45, 2.75) is 19.4 Å². The summed E-state index contributed by atoms with van der Waals surface area (Å²) in [5.74, 6) is -0.214. The van der Waals surface area contributed by atoms with Crippen molar-refractivity contribution < 1.29 is 14.3 Å². The Morgan fingerprint density at radius 3 is 2.30 bits per heavy atom. The van der Waals surface area contributed by atoms with Crippen molar-refractivity contribution in [3.8, 4) is 0 Å². The van der Waals surface area contributed by atoms with Crippen LogP contribution in [0.25, 0.3) is 0 Å². The van der Waals surface area contributed by atoms with Gasteiger partial charge in [-0.2, -0.15) is 0 Å². The van der Waals surface area contributed by atoms with E-state index in [-0.39, 0.29) is 11.7 Å². The molecule has 1 saturated heterocycles. The van der Waals surface area contributed by atoms with Crippen molar-refractivity contribution in [2.24, 2.45) is 5.73 Å². The molecule has 6 heteroatoms. The number of carbonyl (C=O) groups is 2. The second-order valence-corrected chi connectivity index (χ2v) is 6.70. The molecule has 0 saturated carbocycles. The van der Waals surface area contributed by atoms with E-state index < -0.39 is 6.04 Å². The average Bonchev–Trinajstić information content (AvgIpc) is 2.69. The molecule has 1 amide bonds. The third-order valence-electron chi connectivity index (χ3n) is 4.66. The van der Waals surface area contributed by atoms with Crippen LogP contribution in [0.5, 0.6) is 0 Å². The van der Waals surface area contributed by atoms with Crippen molar-refractivity contribution in [1.82, 2.24) is 0 Å². The van der Waals surface area contributed by atoms with Crippen LogP contribution < -0.4 is 16.0 Å². The lowest BCUT2D eigenvalue weighted by Gasteiger charge is -2.28. The molecule has 6 nitrogen and oxygen atoms in total. The summed E-state index contributed by atoms with van der Waals surface area (Å²) in [4.78, 5) is 25.9. The molecule has 142 valence electrons. The number of nitrogens with one attached hydrogen (secondary N) is 1.